The van der Waals surface area contributed by atoms with Crippen LogP contribution in [0, 0.1) is 0 Å². The fraction of sp³-hybridized carbons (Fsp3) is 0.556. The lowest BCUT2D eigenvalue weighted by Gasteiger charge is -2.18. The minimum absolute atomic E-state index is 0.150. The molecule has 0 aliphatic rings. The van der Waals surface area contributed by atoms with Crippen molar-refractivity contribution in [2.45, 2.75) is 19.4 Å². The van der Waals surface area contributed by atoms with Crippen LogP contribution >= 0.6 is 0 Å². The van der Waals surface area contributed by atoms with Crippen molar-refractivity contribution >= 4 is 5.91 Å². The van der Waals surface area contributed by atoms with Crippen molar-refractivity contribution in [3.63, 3.8) is 0 Å². The molecule has 0 aliphatic carbocycles. The molecule has 0 unspecified atom stereocenters. The maximum atomic E-state index is 11.5. The van der Waals surface area contributed by atoms with E-state index in [4.69, 9.17) is 5.73 Å². The first kappa shape index (κ1) is 10.7. The third-order valence-corrected chi connectivity index (χ3v) is 1.75. The van der Waals surface area contributed by atoms with E-state index in [0.29, 0.717) is 12.2 Å². The number of rotatable bonds is 3. The van der Waals surface area contributed by atoms with Crippen molar-refractivity contribution < 1.29 is 4.79 Å². The van der Waals surface area contributed by atoms with Crippen LogP contribution < -0.4 is 11.1 Å². The van der Waals surface area contributed by atoms with Gasteiger partial charge in [-0.1, -0.05) is 0 Å². The summed E-state index contributed by atoms with van der Waals surface area (Å²) in [4.78, 5) is 15.4. The Labute approximate surface area is 83.3 Å². The summed E-state index contributed by atoms with van der Waals surface area (Å²) in [6.07, 6.45) is 3.11. The molecule has 1 aromatic heterocycles. The molecular formula is C9H16N4O. The largest absolute Gasteiger partial charge is 0.349 e. The Morgan fingerprint density at radius 1 is 1.71 bits per heavy atom. The van der Waals surface area contributed by atoms with Crippen LogP contribution in [0.4, 0.5) is 0 Å². The standard InChI is InChI=1S/C9H16N4O/c1-9(2,10)5-12-8(14)7-4-11-6-13(7)3/h4,6H,5,10H2,1-3H3,(H,12,14). The molecule has 1 amide bonds. The van der Waals surface area contributed by atoms with Crippen molar-refractivity contribution in [3.05, 3.63) is 18.2 Å². The highest BCUT2D eigenvalue weighted by Gasteiger charge is 2.14. The lowest BCUT2D eigenvalue weighted by atomic mass is 10.1. The molecule has 0 aromatic carbocycles. The molecule has 0 saturated carbocycles. The molecule has 5 nitrogen and oxygen atoms in total. The second-order valence-corrected chi connectivity index (χ2v) is 4.06. The zero-order valence-electron chi connectivity index (χ0n) is 8.74. The molecule has 14 heavy (non-hydrogen) atoms. The maximum Gasteiger partial charge on any atom is 0.269 e. The van der Waals surface area contributed by atoms with Crippen LogP contribution in [0.2, 0.25) is 0 Å². The third kappa shape index (κ3) is 2.85. The van der Waals surface area contributed by atoms with Gasteiger partial charge >= 0.3 is 0 Å². The second kappa shape index (κ2) is 3.79. The molecule has 0 fully saturated rings. The van der Waals surface area contributed by atoms with E-state index in [1.807, 2.05) is 13.8 Å². The topological polar surface area (TPSA) is 72.9 Å². The van der Waals surface area contributed by atoms with Gasteiger partial charge in [-0.25, -0.2) is 4.98 Å². The first-order valence-corrected chi connectivity index (χ1v) is 4.43. The Balaban J connectivity index is 2.56. The number of amides is 1. The van der Waals surface area contributed by atoms with Crippen molar-refractivity contribution in [2.75, 3.05) is 6.54 Å². The quantitative estimate of drug-likeness (QED) is 0.708. The van der Waals surface area contributed by atoms with Crippen molar-refractivity contribution in [1.29, 1.82) is 0 Å². The van der Waals surface area contributed by atoms with Gasteiger partial charge in [-0.3, -0.25) is 4.79 Å². The molecule has 0 radical (unpaired) electrons. The fourth-order valence-electron chi connectivity index (χ4n) is 0.975. The number of hydrogen-bond donors (Lipinski definition) is 2. The van der Waals surface area contributed by atoms with Gasteiger partial charge in [0, 0.05) is 19.1 Å². The van der Waals surface area contributed by atoms with Crippen LogP contribution in [0.25, 0.3) is 0 Å². The van der Waals surface area contributed by atoms with Gasteiger partial charge in [-0.15, -0.1) is 0 Å². The molecule has 1 aromatic rings. The van der Waals surface area contributed by atoms with Crippen LogP contribution in [0.3, 0.4) is 0 Å². The van der Waals surface area contributed by atoms with E-state index in [-0.39, 0.29) is 5.91 Å². The summed E-state index contributed by atoms with van der Waals surface area (Å²) in [5.41, 5.74) is 5.88. The summed E-state index contributed by atoms with van der Waals surface area (Å²) in [5.74, 6) is -0.150. The summed E-state index contributed by atoms with van der Waals surface area (Å²) in [5, 5.41) is 2.74. The molecule has 0 bridgehead atoms. The first-order valence-electron chi connectivity index (χ1n) is 4.43. The normalized spacial score (nSPS) is 11.4. The second-order valence-electron chi connectivity index (χ2n) is 4.06. The highest BCUT2D eigenvalue weighted by Crippen LogP contribution is 1.98. The maximum absolute atomic E-state index is 11.5. The van der Waals surface area contributed by atoms with Crippen LogP contribution in [0.1, 0.15) is 24.3 Å². The summed E-state index contributed by atoms with van der Waals surface area (Å²) < 4.78 is 1.67. The number of carbonyl (C=O) groups excluding carboxylic acids is 1. The Morgan fingerprint density at radius 2 is 2.36 bits per heavy atom. The number of aryl methyl sites for hydroxylation is 1. The fourth-order valence-corrected chi connectivity index (χ4v) is 0.975. The summed E-state index contributed by atoms with van der Waals surface area (Å²) in [6.45, 7) is 4.16. The van der Waals surface area contributed by atoms with Gasteiger partial charge in [0.2, 0.25) is 0 Å². The summed E-state index contributed by atoms with van der Waals surface area (Å²) >= 11 is 0. The number of nitrogens with zero attached hydrogens (tertiary/aromatic N) is 2. The molecule has 0 saturated heterocycles. The van der Waals surface area contributed by atoms with Gasteiger partial charge in [-0.2, -0.15) is 0 Å². The van der Waals surface area contributed by atoms with Crippen molar-refractivity contribution in [3.8, 4) is 0 Å². The van der Waals surface area contributed by atoms with E-state index in [1.54, 1.807) is 17.9 Å². The number of carbonyl (C=O) groups is 1. The summed E-state index contributed by atoms with van der Waals surface area (Å²) in [6, 6.07) is 0. The molecule has 0 spiro atoms. The van der Waals surface area contributed by atoms with Crippen LogP contribution in [0.15, 0.2) is 12.5 Å². The van der Waals surface area contributed by atoms with Crippen LogP contribution in [0.5, 0.6) is 0 Å². The zero-order valence-corrected chi connectivity index (χ0v) is 8.74. The van der Waals surface area contributed by atoms with Crippen LogP contribution in [-0.4, -0.2) is 27.5 Å². The molecule has 1 rings (SSSR count). The van der Waals surface area contributed by atoms with Crippen molar-refractivity contribution in [2.24, 2.45) is 12.8 Å². The number of imidazole rings is 1. The number of nitrogens with two attached hydrogens (primary N) is 1. The van der Waals surface area contributed by atoms with Crippen LogP contribution in [-0.2, 0) is 7.05 Å². The Bertz CT molecular complexity index is 324. The van der Waals surface area contributed by atoms with E-state index in [2.05, 4.69) is 10.3 Å². The van der Waals surface area contributed by atoms with E-state index >= 15 is 0 Å². The average molecular weight is 196 g/mol. The number of hydrogen-bond acceptors (Lipinski definition) is 3. The van der Waals surface area contributed by atoms with Gasteiger partial charge in [0.15, 0.2) is 0 Å². The van der Waals surface area contributed by atoms with Gasteiger partial charge in [0.25, 0.3) is 5.91 Å². The lowest BCUT2D eigenvalue weighted by Crippen LogP contribution is -2.45. The average Bonchev–Trinajstić information content (AvgIpc) is 2.46. The smallest absolute Gasteiger partial charge is 0.269 e. The van der Waals surface area contributed by atoms with E-state index in [0.717, 1.165) is 0 Å². The molecule has 0 aliphatic heterocycles. The van der Waals surface area contributed by atoms with Gasteiger partial charge in [0.05, 0.1) is 12.5 Å². The van der Waals surface area contributed by atoms with E-state index < -0.39 is 5.54 Å². The Morgan fingerprint density at radius 3 is 2.79 bits per heavy atom. The summed E-state index contributed by atoms with van der Waals surface area (Å²) in [7, 11) is 1.77. The Hall–Kier alpha value is -1.36. The number of nitrogens with one attached hydrogen (secondary N) is 1. The third-order valence-electron chi connectivity index (χ3n) is 1.75. The van der Waals surface area contributed by atoms with Gasteiger partial charge < -0.3 is 15.6 Å². The molecule has 1 heterocycles. The minimum Gasteiger partial charge on any atom is -0.349 e. The van der Waals surface area contributed by atoms with Gasteiger partial charge in [-0.05, 0) is 13.8 Å². The number of aromatic nitrogens is 2. The van der Waals surface area contributed by atoms with Gasteiger partial charge in [0.1, 0.15) is 5.69 Å². The molecule has 3 N–H and O–H groups in total. The van der Waals surface area contributed by atoms with E-state index in [9.17, 15) is 4.79 Å². The Kier molecular flexibility index (Phi) is 2.90. The highest BCUT2D eigenvalue weighted by molar-refractivity contribution is 5.92. The molecule has 0 atom stereocenters. The predicted octanol–water partition coefficient (Wildman–Crippen LogP) is -0.113. The monoisotopic (exact) mass is 196 g/mol. The predicted molar refractivity (Wildman–Crippen MR) is 53.8 cm³/mol. The minimum atomic E-state index is -0.395. The molecular weight excluding hydrogens is 180 g/mol. The lowest BCUT2D eigenvalue weighted by molar-refractivity contribution is 0.0938. The molecule has 78 valence electrons. The molecule has 5 heteroatoms. The SMILES string of the molecule is Cn1cncc1C(=O)NCC(C)(C)N. The first-order chi connectivity index (χ1) is 6.40. The highest BCUT2D eigenvalue weighted by atomic mass is 16.1. The van der Waals surface area contributed by atoms with Crippen molar-refractivity contribution in [1.82, 2.24) is 14.9 Å². The zero-order chi connectivity index (χ0) is 10.8. The van der Waals surface area contributed by atoms with E-state index in [1.165, 1.54) is 6.20 Å².